The van der Waals surface area contributed by atoms with E-state index in [-0.39, 0.29) is 31.4 Å². The lowest BCUT2D eigenvalue weighted by Gasteiger charge is -2.06. The number of rotatable bonds is 7. The minimum Gasteiger partial charge on any atom is -0.350 e. The zero-order chi connectivity index (χ0) is 21.0. The maximum atomic E-state index is 12.1. The molecule has 0 aliphatic rings. The monoisotopic (exact) mass is 416 g/mol. The average molecular weight is 417 g/mol. The standard InChI is InChI=1S/C19H21ClN6O3/c1-11-5-4-6-14(9-11)17(27)21-7-8-22-18(28)19-23-15(25-29-19)10-26-13(3)16(20)12(2)24-26/h4-6,9H,7-8,10H2,1-3H3,(H,21,27)(H,22,28). The minimum atomic E-state index is -0.514. The van der Waals surface area contributed by atoms with Gasteiger partial charge in [0.2, 0.25) is 0 Å². The summed E-state index contributed by atoms with van der Waals surface area (Å²) in [4.78, 5) is 28.3. The van der Waals surface area contributed by atoms with Crippen LogP contribution in [-0.2, 0) is 6.54 Å². The van der Waals surface area contributed by atoms with E-state index in [2.05, 4.69) is 25.9 Å². The summed E-state index contributed by atoms with van der Waals surface area (Å²) in [5, 5.41) is 14.0. The second-order valence-electron chi connectivity index (χ2n) is 6.54. The van der Waals surface area contributed by atoms with Crippen LogP contribution in [0.4, 0.5) is 0 Å². The Morgan fingerprint density at radius 3 is 2.52 bits per heavy atom. The Morgan fingerprint density at radius 1 is 1.14 bits per heavy atom. The Morgan fingerprint density at radius 2 is 1.86 bits per heavy atom. The van der Waals surface area contributed by atoms with Gasteiger partial charge in [0, 0.05) is 18.7 Å². The van der Waals surface area contributed by atoms with Crippen LogP contribution in [0.5, 0.6) is 0 Å². The summed E-state index contributed by atoms with van der Waals surface area (Å²) in [6, 6.07) is 7.26. The average Bonchev–Trinajstić information content (AvgIpc) is 3.26. The van der Waals surface area contributed by atoms with E-state index in [4.69, 9.17) is 16.1 Å². The number of benzene rings is 1. The van der Waals surface area contributed by atoms with E-state index in [0.717, 1.165) is 11.3 Å². The van der Waals surface area contributed by atoms with Crippen molar-refractivity contribution < 1.29 is 14.1 Å². The summed E-state index contributed by atoms with van der Waals surface area (Å²) >= 11 is 6.12. The summed E-state index contributed by atoms with van der Waals surface area (Å²) in [6.45, 7) is 6.28. The van der Waals surface area contributed by atoms with Crippen LogP contribution in [0.2, 0.25) is 5.02 Å². The van der Waals surface area contributed by atoms with Gasteiger partial charge in [-0.25, -0.2) is 0 Å². The molecule has 3 aromatic rings. The van der Waals surface area contributed by atoms with Gasteiger partial charge in [0.25, 0.3) is 5.91 Å². The molecule has 29 heavy (non-hydrogen) atoms. The number of aryl methyl sites for hydroxylation is 2. The highest BCUT2D eigenvalue weighted by atomic mass is 35.5. The van der Waals surface area contributed by atoms with Gasteiger partial charge in [-0.2, -0.15) is 10.1 Å². The van der Waals surface area contributed by atoms with Crippen molar-refractivity contribution in [1.82, 2.24) is 30.6 Å². The molecule has 0 aliphatic carbocycles. The molecule has 2 aromatic heterocycles. The largest absolute Gasteiger partial charge is 0.350 e. The van der Waals surface area contributed by atoms with E-state index in [1.54, 1.807) is 23.7 Å². The molecular weight excluding hydrogens is 396 g/mol. The van der Waals surface area contributed by atoms with Crippen molar-refractivity contribution in [3.8, 4) is 0 Å². The van der Waals surface area contributed by atoms with E-state index in [1.807, 2.05) is 26.0 Å². The Labute approximate surface area is 172 Å². The van der Waals surface area contributed by atoms with Crippen molar-refractivity contribution in [2.75, 3.05) is 13.1 Å². The summed E-state index contributed by atoms with van der Waals surface area (Å²) in [6.07, 6.45) is 0. The maximum absolute atomic E-state index is 12.1. The SMILES string of the molecule is Cc1cccc(C(=O)NCCNC(=O)c2nc(Cn3nc(C)c(Cl)c3C)no2)c1. The van der Waals surface area contributed by atoms with Crippen LogP contribution in [-0.4, -0.2) is 44.8 Å². The zero-order valence-corrected chi connectivity index (χ0v) is 17.1. The smallest absolute Gasteiger partial charge is 0.316 e. The van der Waals surface area contributed by atoms with Gasteiger partial charge in [0.05, 0.1) is 16.4 Å². The van der Waals surface area contributed by atoms with E-state index < -0.39 is 5.91 Å². The predicted octanol–water partition coefficient (Wildman–Crippen LogP) is 2.05. The molecule has 10 heteroatoms. The molecule has 0 aliphatic heterocycles. The number of hydrogen-bond donors (Lipinski definition) is 2. The van der Waals surface area contributed by atoms with Crippen LogP contribution in [0.25, 0.3) is 0 Å². The number of hydrogen-bond acceptors (Lipinski definition) is 6. The third kappa shape index (κ3) is 5.00. The van der Waals surface area contributed by atoms with Crippen LogP contribution >= 0.6 is 11.6 Å². The van der Waals surface area contributed by atoms with Crippen LogP contribution in [0.15, 0.2) is 28.8 Å². The number of carbonyl (C=O) groups is 2. The molecule has 0 atom stereocenters. The van der Waals surface area contributed by atoms with Gasteiger partial charge in [-0.1, -0.05) is 34.5 Å². The number of aromatic nitrogens is 4. The molecule has 0 saturated heterocycles. The van der Waals surface area contributed by atoms with Crippen molar-refractivity contribution >= 4 is 23.4 Å². The van der Waals surface area contributed by atoms with Gasteiger partial charge in [-0.3, -0.25) is 14.3 Å². The van der Waals surface area contributed by atoms with Gasteiger partial charge in [-0.15, -0.1) is 0 Å². The molecule has 0 unspecified atom stereocenters. The minimum absolute atomic E-state index is 0.155. The van der Waals surface area contributed by atoms with Gasteiger partial charge < -0.3 is 15.2 Å². The molecule has 0 radical (unpaired) electrons. The second-order valence-corrected chi connectivity index (χ2v) is 6.92. The highest BCUT2D eigenvalue weighted by molar-refractivity contribution is 6.31. The highest BCUT2D eigenvalue weighted by Crippen LogP contribution is 2.19. The summed E-state index contributed by atoms with van der Waals surface area (Å²) in [5.74, 6) is -0.561. The molecule has 2 heterocycles. The first-order chi connectivity index (χ1) is 13.8. The molecular formula is C19H21ClN6O3. The third-order valence-electron chi connectivity index (χ3n) is 4.22. The molecule has 0 fully saturated rings. The Bertz CT molecular complexity index is 1040. The van der Waals surface area contributed by atoms with Crippen LogP contribution in [0.3, 0.4) is 0 Å². The number of nitrogens with zero attached hydrogens (tertiary/aromatic N) is 4. The van der Waals surface area contributed by atoms with Crippen LogP contribution in [0.1, 0.15) is 43.8 Å². The first-order valence-corrected chi connectivity index (χ1v) is 9.38. The lowest BCUT2D eigenvalue weighted by Crippen LogP contribution is -2.34. The Kier molecular flexibility index (Phi) is 6.28. The van der Waals surface area contributed by atoms with Crippen LogP contribution in [0, 0.1) is 20.8 Å². The Hall–Kier alpha value is -3.20. The van der Waals surface area contributed by atoms with Crippen molar-refractivity contribution in [2.24, 2.45) is 0 Å². The molecule has 2 amide bonds. The molecule has 2 N–H and O–H groups in total. The lowest BCUT2D eigenvalue weighted by molar-refractivity contribution is 0.0898. The van der Waals surface area contributed by atoms with Gasteiger partial charge >= 0.3 is 11.8 Å². The lowest BCUT2D eigenvalue weighted by atomic mass is 10.1. The third-order valence-corrected chi connectivity index (χ3v) is 4.77. The van der Waals surface area contributed by atoms with Crippen molar-refractivity contribution in [3.05, 3.63) is 63.5 Å². The number of halogens is 1. The van der Waals surface area contributed by atoms with Crippen molar-refractivity contribution in [3.63, 3.8) is 0 Å². The van der Waals surface area contributed by atoms with E-state index in [9.17, 15) is 9.59 Å². The van der Waals surface area contributed by atoms with Crippen LogP contribution < -0.4 is 10.6 Å². The van der Waals surface area contributed by atoms with Crippen molar-refractivity contribution in [1.29, 1.82) is 0 Å². The molecule has 1 aromatic carbocycles. The van der Waals surface area contributed by atoms with E-state index in [1.165, 1.54) is 0 Å². The first-order valence-electron chi connectivity index (χ1n) is 9.00. The Balaban J connectivity index is 1.48. The summed E-state index contributed by atoms with van der Waals surface area (Å²) in [5.41, 5.74) is 3.06. The molecule has 152 valence electrons. The molecule has 0 saturated carbocycles. The zero-order valence-electron chi connectivity index (χ0n) is 16.3. The topological polar surface area (TPSA) is 115 Å². The summed E-state index contributed by atoms with van der Waals surface area (Å²) < 4.78 is 6.65. The fraction of sp³-hybridized carbons (Fsp3) is 0.316. The quantitative estimate of drug-likeness (QED) is 0.569. The second kappa shape index (κ2) is 8.87. The van der Waals surface area contributed by atoms with Gasteiger partial charge in [-0.05, 0) is 32.9 Å². The molecule has 0 bridgehead atoms. The summed E-state index contributed by atoms with van der Waals surface area (Å²) in [7, 11) is 0. The fourth-order valence-corrected chi connectivity index (χ4v) is 2.82. The van der Waals surface area contributed by atoms with E-state index >= 15 is 0 Å². The van der Waals surface area contributed by atoms with Gasteiger partial charge in [0.1, 0.15) is 6.54 Å². The van der Waals surface area contributed by atoms with Gasteiger partial charge in [0.15, 0.2) is 5.82 Å². The highest BCUT2D eigenvalue weighted by Gasteiger charge is 2.17. The molecule has 3 rings (SSSR count). The maximum Gasteiger partial charge on any atom is 0.316 e. The molecule has 9 nitrogen and oxygen atoms in total. The first kappa shape index (κ1) is 20.5. The number of carbonyl (C=O) groups excluding carboxylic acids is 2. The predicted molar refractivity (Wildman–Crippen MR) is 106 cm³/mol. The van der Waals surface area contributed by atoms with Crippen molar-refractivity contribution in [2.45, 2.75) is 27.3 Å². The number of amides is 2. The molecule has 0 spiro atoms. The van der Waals surface area contributed by atoms with E-state index in [0.29, 0.717) is 22.1 Å². The normalized spacial score (nSPS) is 10.8. The number of nitrogens with one attached hydrogen (secondary N) is 2. The fourth-order valence-electron chi connectivity index (χ4n) is 2.69.